The van der Waals surface area contributed by atoms with E-state index in [0.29, 0.717) is 5.89 Å². The van der Waals surface area contributed by atoms with E-state index >= 15 is 0 Å². The summed E-state index contributed by atoms with van der Waals surface area (Å²) in [5, 5.41) is 5.90. The van der Waals surface area contributed by atoms with Crippen molar-refractivity contribution >= 4 is 71.3 Å². The second-order valence-corrected chi connectivity index (χ2v) is 15.3. The third-order valence-electron chi connectivity index (χ3n) is 10.7. The van der Waals surface area contributed by atoms with Crippen LogP contribution in [0.5, 0.6) is 0 Å². The fourth-order valence-corrected chi connectivity index (χ4v) is 8.69. The number of para-hydroxylation sites is 3. The van der Waals surface area contributed by atoms with Gasteiger partial charge in [0.05, 0.1) is 10.2 Å². The van der Waals surface area contributed by atoms with E-state index in [0.717, 1.165) is 60.9 Å². The maximum atomic E-state index is 6.11. The highest BCUT2D eigenvalue weighted by atomic mass is 32.1. The number of aromatic nitrogens is 2. The lowest BCUT2D eigenvalue weighted by Gasteiger charge is -2.26. The number of thiazole rings is 1. The molecular formula is C52H33N3OS. The molecule has 0 unspecified atom stereocenters. The molecule has 0 aliphatic carbocycles. The first kappa shape index (κ1) is 33.0. The Labute approximate surface area is 333 Å². The molecule has 57 heavy (non-hydrogen) atoms. The van der Waals surface area contributed by atoms with Gasteiger partial charge in [0.25, 0.3) is 0 Å². The molecule has 0 aliphatic heterocycles. The van der Waals surface area contributed by atoms with E-state index in [1.54, 1.807) is 11.3 Å². The van der Waals surface area contributed by atoms with E-state index in [9.17, 15) is 0 Å². The SMILES string of the molecule is c1ccc2cc(-c3ccc4cc(N(c5ccc(-c6ccc(-c7nc8ccccc8s7)cc6)cc5)c5ccc(-c6nc7ccccc7o6)cc5)ccc4c3)ccc2c1. The summed E-state index contributed by atoms with van der Waals surface area (Å²) in [7, 11) is 0. The molecule has 2 heterocycles. The molecule has 11 aromatic rings. The lowest BCUT2D eigenvalue weighted by atomic mass is 9.98. The Balaban J connectivity index is 0.940. The normalized spacial score (nSPS) is 11.5. The lowest BCUT2D eigenvalue weighted by Crippen LogP contribution is -2.09. The van der Waals surface area contributed by atoms with Crippen LogP contribution >= 0.6 is 11.3 Å². The molecule has 0 N–H and O–H groups in total. The molecular weight excluding hydrogens is 715 g/mol. The summed E-state index contributed by atoms with van der Waals surface area (Å²) in [6, 6.07) is 70.9. The Morgan fingerprint density at radius 2 is 0.877 bits per heavy atom. The fourth-order valence-electron chi connectivity index (χ4n) is 7.72. The van der Waals surface area contributed by atoms with Gasteiger partial charge in [0.15, 0.2) is 5.58 Å². The highest BCUT2D eigenvalue weighted by Gasteiger charge is 2.16. The van der Waals surface area contributed by atoms with Gasteiger partial charge >= 0.3 is 0 Å². The van der Waals surface area contributed by atoms with E-state index in [1.165, 1.54) is 37.4 Å². The molecule has 0 atom stereocenters. The zero-order valence-corrected chi connectivity index (χ0v) is 31.5. The summed E-state index contributed by atoms with van der Waals surface area (Å²) in [6.07, 6.45) is 0. The summed E-state index contributed by atoms with van der Waals surface area (Å²) in [4.78, 5) is 11.9. The van der Waals surface area contributed by atoms with Crippen LogP contribution in [0.2, 0.25) is 0 Å². The van der Waals surface area contributed by atoms with Crippen molar-refractivity contribution in [3.05, 3.63) is 200 Å². The fraction of sp³-hybridized carbons (Fsp3) is 0. The minimum Gasteiger partial charge on any atom is -0.436 e. The predicted octanol–water partition coefficient (Wildman–Crippen LogP) is 14.9. The third kappa shape index (κ3) is 6.21. The van der Waals surface area contributed by atoms with Gasteiger partial charge in [-0.05, 0) is 129 Å². The van der Waals surface area contributed by atoms with Crippen molar-refractivity contribution in [2.75, 3.05) is 4.90 Å². The average Bonchev–Trinajstić information content (AvgIpc) is 3.92. The number of rotatable bonds is 7. The quantitative estimate of drug-likeness (QED) is 0.163. The summed E-state index contributed by atoms with van der Waals surface area (Å²) in [5.74, 6) is 0.612. The second-order valence-electron chi connectivity index (χ2n) is 14.3. The molecule has 11 rings (SSSR count). The Bertz CT molecular complexity index is 3170. The van der Waals surface area contributed by atoms with Crippen LogP contribution < -0.4 is 4.90 Å². The number of hydrogen-bond donors (Lipinski definition) is 0. The molecule has 0 amide bonds. The molecule has 0 fully saturated rings. The van der Waals surface area contributed by atoms with Crippen LogP contribution in [0.4, 0.5) is 17.1 Å². The van der Waals surface area contributed by atoms with Crippen molar-refractivity contribution in [2.45, 2.75) is 0 Å². The summed E-state index contributed by atoms with van der Waals surface area (Å²) in [6.45, 7) is 0. The highest BCUT2D eigenvalue weighted by molar-refractivity contribution is 7.21. The minimum absolute atomic E-state index is 0.612. The Kier molecular flexibility index (Phi) is 7.97. The predicted molar refractivity (Wildman–Crippen MR) is 239 cm³/mol. The maximum absolute atomic E-state index is 6.11. The van der Waals surface area contributed by atoms with E-state index in [4.69, 9.17) is 14.4 Å². The van der Waals surface area contributed by atoms with Crippen LogP contribution in [-0.2, 0) is 0 Å². The van der Waals surface area contributed by atoms with Crippen molar-refractivity contribution in [3.8, 4) is 44.3 Å². The Hall–Kier alpha value is -7.34. The van der Waals surface area contributed by atoms with Crippen molar-refractivity contribution in [1.29, 1.82) is 0 Å². The number of fused-ring (bicyclic) bond motifs is 4. The number of oxazole rings is 1. The molecule has 0 aliphatic rings. The van der Waals surface area contributed by atoms with E-state index in [2.05, 4.69) is 175 Å². The van der Waals surface area contributed by atoms with Crippen LogP contribution in [0.1, 0.15) is 0 Å². The lowest BCUT2D eigenvalue weighted by molar-refractivity contribution is 0.620. The first-order chi connectivity index (χ1) is 28.2. The van der Waals surface area contributed by atoms with Crippen LogP contribution in [0.15, 0.2) is 205 Å². The summed E-state index contributed by atoms with van der Waals surface area (Å²) >= 11 is 1.73. The number of anilines is 3. The van der Waals surface area contributed by atoms with Gasteiger partial charge in [0.1, 0.15) is 10.5 Å². The summed E-state index contributed by atoms with van der Waals surface area (Å²) in [5.41, 5.74) is 12.6. The van der Waals surface area contributed by atoms with Crippen molar-refractivity contribution in [3.63, 3.8) is 0 Å². The van der Waals surface area contributed by atoms with Gasteiger partial charge in [-0.25, -0.2) is 9.97 Å². The van der Waals surface area contributed by atoms with Gasteiger partial charge in [-0.15, -0.1) is 11.3 Å². The highest BCUT2D eigenvalue weighted by Crippen LogP contribution is 2.39. The van der Waals surface area contributed by atoms with Gasteiger partial charge < -0.3 is 9.32 Å². The number of benzene rings is 9. The van der Waals surface area contributed by atoms with E-state index in [1.807, 2.05) is 30.3 Å². The maximum Gasteiger partial charge on any atom is 0.227 e. The molecule has 4 nitrogen and oxygen atoms in total. The molecule has 5 heteroatoms. The smallest absolute Gasteiger partial charge is 0.227 e. The topological polar surface area (TPSA) is 42.2 Å². The molecule has 0 radical (unpaired) electrons. The van der Waals surface area contributed by atoms with Crippen LogP contribution in [0, 0.1) is 0 Å². The second kappa shape index (κ2) is 13.7. The first-order valence-corrected chi connectivity index (χ1v) is 19.9. The van der Waals surface area contributed by atoms with Crippen LogP contribution in [0.25, 0.3) is 87.1 Å². The zero-order chi connectivity index (χ0) is 37.7. The first-order valence-electron chi connectivity index (χ1n) is 19.0. The van der Waals surface area contributed by atoms with Gasteiger partial charge in [-0.1, -0.05) is 115 Å². The van der Waals surface area contributed by atoms with Crippen molar-refractivity contribution < 1.29 is 4.42 Å². The Morgan fingerprint density at radius 3 is 1.60 bits per heavy atom. The molecule has 0 saturated carbocycles. The zero-order valence-electron chi connectivity index (χ0n) is 30.7. The molecule has 9 aromatic carbocycles. The molecule has 0 bridgehead atoms. The number of hydrogen-bond acceptors (Lipinski definition) is 5. The van der Waals surface area contributed by atoms with Crippen LogP contribution in [-0.4, -0.2) is 9.97 Å². The van der Waals surface area contributed by atoms with Crippen molar-refractivity contribution in [1.82, 2.24) is 9.97 Å². The van der Waals surface area contributed by atoms with Gasteiger partial charge in [-0.3, -0.25) is 0 Å². The van der Waals surface area contributed by atoms with Crippen LogP contribution in [0.3, 0.4) is 0 Å². The Morgan fingerprint density at radius 1 is 0.368 bits per heavy atom. The summed E-state index contributed by atoms with van der Waals surface area (Å²) < 4.78 is 7.31. The van der Waals surface area contributed by atoms with Gasteiger partial charge in [-0.2, -0.15) is 0 Å². The average molecular weight is 748 g/mol. The molecule has 0 spiro atoms. The van der Waals surface area contributed by atoms with E-state index < -0.39 is 0 Å². The molecule has 0 saturated heterocycles. The molecule has 268 valence electrons. The third-order valence-corrected chi connectivity index (χ3v) is 11.8. The van der Waals surface area contributed by atoms with E-state index in [-0.39, 0.29) is 0 Å². The standard InChI is InChI=1S/C52H33N3OS/c1-2-8-39-31-40(18-15-34(39)7-1)41-19-20-43-33-46(30-25-42(43)32-41)55(45-28-23-37(24-29-45)51-53-47-9-3-5-11-49(47)56-51)44-26-21-36(22-27-44)35-13-16-38(17-14-35)52-54-48-10-4-6-12-50(48)57-52/h1-33H. The van der Waals surface area contributed by atoms with Gasteiger partial charge in [0, 0.05) is 28.2 Å². The number of nitrogens with zero attached hydrogens (tertiary/aromatic N) is 3. The largest absolute Gasteiger partial charge is 0.436 e. The minimum atomic E-state index is 0.612. The molecule has 2 aromatic heterocycles. The monoisotopic (exact) mass is 747 g/mol. The van der Waals surface area contributed by atoms with Gasteiger partial charge in [0.2, 0.25) is 5.89 Å². The van der Waals surface area contributed by atoms with Crippen molar-refractivity contribution in [2.24, 2.45) is 0 Å².